The van der Waals surface area contributed by atoms with Crippen molar-refractivity contribution in [2.75, 3.05) is 5.32 Å². The normalized spacial score (nSPS) is 14.8. The van der Waals surface area contributed by atoms with E-state index in [1.54, 1.807) is 0 Å². The van der Waals surface area contributed by atoms with Crippen molar-refractivity contribution in [3.05, 3.63) is 145 Å². The highest BCUT2D eigenvalue weighted by Gasteiger charge is 2.17. The van der Waals surface area contributed by atoms with Crippen molar-refractivity contribution in [3.8, 4) is 16.9 Å². The van der Waals surface area contributed by atoms with E-state index < -0.39 is 0 Å². The molecule has 7 rings (SSSR count). The van der Waals surface area contributed by atoms with Crippen LogP contribution in [0.2, 0.25) is 0 Å². The largest absolute Gasteiger partial charge is 0.340 e. The Morgan fingerprint density at radius 1 is 0.658 bits per heavy atom. The minimum absolute atomic E-state index is 0.345. The average molecular weight is 490 g/mol. The van der Waals surface area contributed by atoms with E-state index in [1.807, 2.05) is 0 Å². The summed E-state index contributed by atoms with van der Waals surface area (Å²) in [6, 6.07) is 40.6. The SMILES string of the molecule is C1=CCC(c2ccccc2Nc2cc(-c3ccccc3)cc(-n3c4ccccc4c4ccccc43)n2)C=C1. The number of nitrogens with zero attached hydrogens (tertiary/aromatic N) is 2. The number of aromatic nitrogens is 2. The van der Waals surface area contributed by atoms with Crippen LogP contribution in [0.4, 0.5) is 11.5 Å². The van der Waals surface area contributed by atoms with Gasteiger partial charge in [0.15, 0.2) is 0 Å². The Kier molecular flexibility index (Phi) is 5.60. The number of anilines is 2. The number of pyridine rings is 1. The molecule has 0 radical (unpaired) electrons. The van der Waals surface area contributed by atoms with E-state index in [-0.39, 0.29) is 0 Å². The molecule has 0 fully saturated rings. The van der Waals surface area contributed by atoms with E-state index in [1.165, 1.54) is 16.3 Å². The molecule has 0 bridgehead atoms. The van der Waals surface area contributed by atoms with Gasteiger partial charge in [-0.05, 0) is 53.4 Å². The van der Waals surface area contributed by atoms with E-state index in [0.717, 1.165) is 45.9 Å². The van der Waals surface area contributed by atoms with Gasteiger partial charge in [-0.3, -0.25) is 4.57 Å². The van der Waals surface area contributed by atoms with Crippen LogP contribution in [0.15, 0.2) is 140 Å². The third-order valence-corrected chi connectivity index (χ3v) is 7.33. The van der Waals surface area contributed by atoms with Crippen molar-refractivity contribution in [2.45, 2.75) is 12.3 Å². The standard InChI is InChI=1S/C35H27N3/c1-3-13-25(14-4-1)27-23-34(36-31-20-10-7-17-28(31)26-15-5-2-6-16-26)37-35(24-27)38-32-21-11-8-18-29(32)30-19-9-12-22-33(30)38/h1-15,17-24,26H,16H2,(H,36,37). The average Bonchev–Trinajstić information content (AvgIpc) is 3.33. The minimum Gasteiger partial charge on any atom is -0.340 e. The van der Waals surface area contributed by atoms with Gasteiger partial charge in [0.25, 0.3) is 0 Å². The molecule has 3 nitrogen and oxygen atoms in total. The first-order chi connectivity index (χ1) is 18.8. The first-order valence-corrected chi connectivity index (χ1v) is 13.1. The van der Waals surface area contributed by atoms with Crippen molar-refractivity contribution in [2.24, 2.45) is 0 Å². The quantitative estimate of drug-likeness (QED) is 0.262. The first kappa shape index (κ1) is 22.3. The highest BCUT2D eigenvalue weighted by Crippen LogP contribution is 2.36. The van der Waals surface area contributed by atoms with Crippen LogP contribution in [0.25, 0.3) is 38.8 Å². The molecule has 0 saturated heterocycles. The van der Waals surface area contributed by atoms with Gasteiger partial charge in [0.2, 0.25) is 0 Å². The molecule has 0 aliphatic heterocycles. The number of hydrogen-bond acceptors (Lipinski definition) is 2. The molecule has 1 N–H and O–H groups in total. The molecule has 1 unspecified atom stereocenters. The number of hydrogen-bond donors (Lipinski definition) is 1. The Morgan fingerprint density at radius 2 is 1.34 bits per heavy atom. The van der Waals surface area contributed by atoms with E-state index in [9.17, 15) is 0 Å². The Labute approximate surface area is 222 Å². The summed E-state index contributed by atoms with van der Waals surface area (Å²) in [6.45, 7) is 0. The third-order valence-electron chi connectivity index (χ3n) is 7.33. The summed E-state index contributed by atoms with van der Waals surface area (Å²) in [6.07, 6.45) is 9.77. The highest BCUT2D eigenvalue weighted by atomic mass is 15.1. The van der Waals surface area contributed by atoms with Gasteiger partial charge in [-0.1, -0.05) is 109 Å². The molecule has 2 heterocycles. The Morgan fingerprint density at radius 3 is 2.08 bits per heavy atom. The summed E-state index contributed by atoms with van der Waals surface area (Å²) >= 11 is 0. The maximum atomic E-state index is 5.20. The smallest absolute Gasteiger partial charge is 0.140 e. The van der Waals surface area contributed by atoms with Crippen LogP contribution in [0.1, 0.15) is 17.9 Å². The van der Waals surface area contributed by atoms with Crippen LogP contribution in [-0.2, 0) is 0 Å². The Hall–Kier alpha value is -4.89. The molecule has 0 amide bonds. The number of nitrogens with one attached hydrogen (secondary N) is 1. The molecule has 1 atom stereocenters. The number of fused-ring (bicyclic) bond motifs is 3. The molecule has 1 aliphatic rings. The van der Waals surface area contributed by atoms with E-state index in [2.05, 4.69) is 149 Å². The van der Waals surface area contributed by atoms with Crippen LogP contribution in [0.5, 0.6) is 0 Å². The molecule has 1 aliphatic carbocycles. The Bertz CT molecular complexity index is 1770. The zero-order valence-electron chi connectivity index (χ0n) is 21.0. The topological polar surface area (TPSA) is 29.9 Å². The van der Waals surface area contributed by atoms with E-state index in [0.29, 0.717) is 5.92 Å². The maximum Gasteiger partial charge on any atom is 0.140 e. The number of benzene rings is 4. The van der Waals surface area contributed by atoms with Crippen LogP contribution in [-0.4, -0.2) is 9.55 Å². The molecule has 0 spiro atoms. The van der Waals surface area contributed by atoms with Crippen molar-refractivity contribution < 1.29 is 0 Å². The molecule has 6 aromatic rings. The zero-order chi connectivity index (χ0) is 25.3. The van der Waals surface area contributed by atoms with Gasteiger partial charge < -0.3 is 5.32 Å². The summed E-state index contributed by atoms with van der Waals surface area (Å²) in [7, 11) is 0. The van der Waals surface area contributed by atoms with Gasteiger partial charge in [0.1, 0.15) is 11.6 Å². The molecule has 0 saturated carbocycles. The van der Waals surface area contributed by atoms with Crippen molar-refractivity contribution >= 4 is 33.3 Å². The molecule has 2 aromatic heterocycles. The fourth-order valence-electron chi connectivity index (χ4n) is 5.54. The third kappa shape index (κ3) is 3.99. The second kappa shape index (κ2) is 9.53. The number of allylic oxidation sites excluding steroid dienone is 4. The van der Waals surface area contributed by atoms with Gasteiger partial charge in [-0.25, -0.2) is 4.98 Å². The summed E-state index contributed by atoms with van der Waals surface area (Å²) in [5.74, 6) is 2.06. The molecule has 4 aromatic carbocycles. The summed E-state index contributed by atoms with van der Waals surface area (Å²) in [5.41, 5.74) is 6.95. The van der Waals surface area contributed by atoms with Gasteiger partial charge in [0, 0.05) is 22.4 Å². The second-order valence-electron chi connectivity index (χ2n) is 9.70. The highest BCUT2D eigenvalue weighted by molar-refractivity contribution is 6.09. The lowest BCUT2D eigenvalue weighted by atomic mass is 9.91. The van der Waals surface area contributed by atoms with Gasteiger partial charge in [0.05, 0.1) is 11.0 Å². The molecule has 38 heavy (non-hydrogen) atoms. The van der Waals surface area contributed by atoms with Gasteiger partial charge in [-0.15, -0.1) is 0 Å². The molecule has 3 heteroatoms. The fourth-order valence-corrected chi connectivity index (χ4v) is 5.54. The number of para-hydroxylation sites is 3. The molecule has 182 valence electrons. The van der Waals surface area contributed by atoms with Gasteiger partial charge >= 0.3 is 0 Å². The lowest BCUT2D eigenvalue weighted by Crippen LogP contribution is -2.05. The summed E-state index contributed by atoms with van der Waals surface area (Å²) < 4.78 is 2.28. The Balaban J connectivity index is 1.42. The lowest BCUT2D eigenvalue weighted by Gasteiger charge is -2.19. The number of rotatable bonds is 5. The van der Waals surface area contributed by atoms with E-state index >= 15 is 0 Å². The van der Waals surface area contributed by atoms with Crippen LogP contribution in [0.3, 0.4) is 0 Å². The predicted molar refractivity (Wildman–Crippen MR) is 159 cm³/mol. The van der Waals surface area contributed by atoms with Gasteiger partial charge in [-0.2, -0.15) is 0 Å². The first-order valence-electron chi connectivity index (χ1n) is 13.1. The van der Waals surface area contributed by atoms with Crippen molar-refractivity contribution in [1.29, 1.82) is 0 Å². The van der Waals surface area contributed by atoms with Crippen molar-refractivity contribution in [3.63, 3.8) is 0 Å². The fraction of sp³-hybridized carbons (Fsp3) is 0.0571. The van der Waals surface area contributed by atoms with Crippen LogP contribution < -0.4 is 5.32 Å². The van der Waals surface area contributed by atoms with Crippen LogP contribution >= 0.6 is 0 Å². The molecular formula is C35H27N3. The summed E-state index contributed by atoms with van der Waals surface area (Å²) in [4.78, 5) is 5.20. The van der Waals surface area contributed by atoms with Crippen molar-refractivity contribution in [1.82, 2.24) is 9.55 Å². The molecular weight excluding hydrogens is 462 g/mol. The zero-order valence-corrected chi connectivity index (χ0v) is 21.0. The predicted octanol–water partition coefficient (Wildman–Crippen LogP) is 9.19. The second-order valence-corrected chi connectivity index (χ2v) is 9.70. The maximum absolute atomic E-state index is 5.20. The monoisotopic (exact) mass is 489 g/mol. The van der Waals surface area contributed by atoms with Crippen LogP contribution in [0, 0.1) is 0 Å². The lowest BCUT2D eigenvalue weighted by molar-refractivity contribution is 0.855. The summed E-state index contributed by atoms with van der Waals surface area (Å²) in [5, 5.41) is 6.15. The minimum atomic E-state index is 0.345. The van der Waals surface area contributed by atoms with E-state index in [4.69, 9.17) is 4.98 Å².